The van der Waals surface area contributed by atoms with E-state index in [1.165, 1.54) is 41.7 Å². The van der Waals surface area contributed by atoms with Crippen molar-refractivity contribution in [3.8, 4) is 0 Å². The molecule has 2 aromatic carbocycles. The van der Waals surface area contributed by atoms with Crippen molar-refractivity contribution in [2.45, 2.75) is 35.3 Å². The number of aromatic nitrogens is 2. The first kappa shape index (κ1) is 22.5. The molecule has 1 heterocycles. The predicted octanol–water partition coefficient (Wildman–Crippen LogP) is 5.05. The highest BCUT2D eigenvalue weighted by atomic mass is 35.5. The normalized spacial score (nSPS) is 11.5. The van der Waals surface area contributed by atoms with Crippen LogP contribution in [0.5, 0.6) is 0 Å². The van der Waals surface area contributed by atoms with Crippen LogP contribution in [0, 0.1) is 6.92 Å². The number of hydrogen-bond acceptors (Lipinski definition) is 7. The number of nitrogens with zero attached hydrogens (tertiary/aromatic N) is 2. The SMILES string of the molecule is Cc1ccc(S(=O)(=O)Nc2ccc(C(=O)Nc3nnc(SC(C)C)s3)c(Cl)c2)cc1. The highest BCUT2D eigenvalue weighted by Gasteiger charge is 2.17. The summed E-state index contributed by atoms with van der Waals surface area (Å²) in [6, 6.07) is 10.8. The van der Waals surface area contributed by atoms with Gasteiger partial charge in [-0.15, -0.1) is 10.2 Å². The number of sulfonamides is 1. The summed E-state index contributed by atoms with van der Waals surface area (Å²) in [5.74, 6) is -0.454. The number of amides is 1. The maximum Gasteiger partial charge on any atom is 0.261 e. The third-order valence-corrected chi connectivity index (χ3v) is 7.40. The molecule has 0 fully saturated rings. The fourth-order valence-corrected chi connectivity index (χ4v) is 5.65. The van der Waals surface area contributed by atoms with E-state index in [4.69, 9.17) is 11.6 Å². The molecule has 0 bridgehead atoms. The summed E-state index contributed by atoms with van der Waals surface area (Å²) in [6.07, 6.45) is 0. The first-order chi connectivity index (χ1) is 14.1. The van der Waals surface area contributed by atoms with Crippen molar-refractivity contribution in [1.82, 2.24) is 10.2 Å². The molecule has 3 rings (SSSR count). The molecular formula is C19H19ClN4O3S3. The minimum Gasteiger partial charge on any atom is -0.296 e. The lowest BCUT2D eigenvalue weighted by Gasteiger charge is -2.10. The molecule has 0 unspecified atom stereocenters. The van der Waals surface area contributed by atoms with Gasteiger partial charge in [-0.25, -0.2) is 8.42 Å². The van der Waals surface area contributed by atoms with E-state index >= 15 is 0 Å². The molecule has 0 spiro atoms. The Hall–Kier alpha value is -2.14. The fraction of sp³-hybridized carbons (Fsp3) is 0.211. The predicted molar refractivity (Wildman–Crippen MR) is 122 cm³/mol. The molecule has 2 N–H and O–H groups in total. The number of rotatable bonds is 7. The van der Waals surface area contributed by atoms with Gasteiger partial charge in [-0.1, -0.05) is 66.2 Å². The Morgan fingerprint density at radius 1 is 1.13 bits per heavy atom. The molecule has 1 aromatic heterocycles. The largest absolute Gasteiger partial charge is 0.296 e. The van der Waals surface area contributed by atoms with Crippen molar-refractivity contribution in [2.24, 2.45) is 0 Å². The zero-order valence-electron chi connectivity index (χ0n) is 16.3. The number of anilines is 2. The van der Waals surface area contributed by atoms with Crippen LogP contribution in [0.2, 0.25) is 5.02 Å². The zero-order valence-corrected chi connectivity index (χ0v) is 19.5. The van der Waals surface area contributed by atoms with Crippen molar-refractivity contribution in [3.05, 3.63) is 58.6 Å². The molecule has 7 nitrogen and oxygen atoms in total. The topological polar surface area (TPSA) is 101 Å². The zero-order chi connectivity index (χ0) is 21.9. The highest BCUT2D eigenvalue weighted by Crippen LogP contribution is 2.29. The van der Waals surface area contributed by atoms with Crippen LogP contribution in [0.1, 0.15) is 29.8 Å². The molecule has 0 aliphatic carbocycles. The van der Waals surface area contributed by atoms with Gasteiger partial charge in [0.15, 0.2) is 4.34 Å². The lowest BCUT2D eigenvalue weighted by Crippen LogP contribution is -2.14. The molecule has 11 heteroatoms. The number of aryl methyl sites for hydroxylation is 1. The molecule has 30 heavy (non-hydrogen) atoms. The van der Waals surface area contributed by atoms with Gasteiger partial charge in [-0.05, 0) is 37.3 Å². The number of thioether (sulfide) groups is 1. The van der Waals surface area contributed by atoms with Crippen LogP contribution in [0.3, 0.4) is 0 Å². The van der Waals surface area contributed by atoms with E-state index in [2.05, 4.69) is 20.2 Å². The van der Waals surface area contributed by atoms with Crippen LogP contribution >= 0.6 is 34.7 Å². The van der Waals surface area contributed by atoms with Crippen molar-refractivity contribution >= 4 is 61.4 Å². The summed E-state index contributed by atoms with van der Waals surface area (Å²) in [5, 5.41) is 11.5. The number of nitrogens with one attached hydrogen (secondary N) is 2. The van der Waals surface area contributed by atoms with Gasteiger partial charge in [0, 0.05) is 5.25 Å². The lowest BCUT2D eigenvalue weighted by molar-refractivity contribution is 0.102. The van der Waals surface area contributed by atoms with Crippen LogP contribution in [-0.2, 0) is 10.0 Å². The molecule has 3 aromatic rings. The minimum atomic E-state index is -3.76. The standard InChI is InChI=1S/C19H19ClN4O3S3/c1-11(2)28-19-23-22-18(29-19)21-17(25)15-9-6-13(10-16(15)20)24-30(26,27)14-7-4-12(3)5-8-14/h4-11,24H,1-3H3,(H,21,22,25). The van der Waals surface area contributed by atoms with Crippen molar-refractivity contribution in [1.29, 1.82) is 0 Å². The Balaban J connectivity index is 1.72. The molecule has 0 atom stereocenters. The third-order valence-electron chi connectivity index (χ3n) is 3.76. The van der Waals surface area contributed by atoms with Gasteiger partial charge in [-0.3, -0.25) is 14.8 Å². The number of carbonyl (C=O) groups excluding carboxylic acids is 1. The van der Waals surface area contributed by atoms with Crippen LogP contribution in [0.4, 0.5) is 10.8 Å². The van der Waals surface area contributed by atoms with Crippen molar-refractivity contribution in [3.63, 3.8) is 0 Å². The van der Waals surface area contributed by atoms with Gasteiger partial charge < -0.3 is 0 Å². The average Bonchev–Trinajstić information content (AvgIpc) is 3.07. The van der Waals surface area contributed by atoms with Crippen molar-refractivity contribution < 1.29 is 13.2 Å². The maximum absolute atomic E-state index is 12.5. The Bertz CT molecular complexity index is 1160. The molecule has 1 amide bonds. The summed E-state index contributed by atoms with van der Waals surface area (Å²) < 4.78 is 28.2. The van der Waals surface area contributed by atoms with Crippen LogP contribution in [0.25, 0.3) is 0 Å². The Morgan fingerprint density at radius 3 is 2.47 bits per heavy atom. The summed E-state index contributed by atoms with van der Waals surface area (Å²) in [4.78, 5) is 12.7. The van der Waals surface area contributed by atoms with E-state index in [1.54, 1.807) is 23.9 Å². The fourth-order valence-electron chi connectivity index (χ4n) is 2.37. The summed E-state index contributed by atoms with van der Waals surface area (Å²) in [6.45, 7) is 5.95. The second-order valence-electron chi connectivity index (χ2n) is 6.61. The van der Waals surface area contributed by atoms with E-state index < -0.39 is 15.9 Å². The molecule has 0 saturated heterocycles. The number of benzene rings is 2. The third kappa shape index (κ3) is 5.72. The first-order valence-electron chi connectivity index (χ1n) is 8.84. The monoisotopic (exact) mass is 482 g/mol. The van der Waals surface area contributed by atoms with Crippen LogP contribution in [0.15, 0.2) is 51.7 Å². The van der Waals surface area contributed by atoms with E-state index in [0.717, 1.165) is 9.90 Å². The van der Waals surface area contributed by atoms with Crippen molar-refractivity contribution in [2.75, 3.05) is 10.0 Å². The number of hydrogen-bond donors (Lipinski definition) is 2. The molecule has 0 saturated carbocycles. The minimum absolute atomic E-state index is 0.109. The summed E-state index contributed by atoms with van der Waals surface area (Å²) in [5.41, 5.74) is 1.41. The smallest absolute Gasteiger partial charge is 0.261 e. The van der Waals surface area contributed by atoms with Crippen LogP contribution in [-0.4, -0.2) is 29.8 Å². The Labute approximate surface area is 188 Å². The molecular weight excluding hydrogens is 464 g/mol. The van der Waals surface area contributed by atoms with E-state index in [9.17, 15) is 13.2 Å². The molecule has 158 valence electrons. The molecule has 0 aliphatic rings. The van der Waals surface area contributed by atoms with Gasteiger partial charge in [0.05, 0.1) is 21.2 Å². The van der Waals surface area contributed by atoms with E-state index in [1.807, 2.05) is 20.8 Å². The Morgan fingerprint density at radius 2 is 1.83 bits per heavy atom. The molecule has 0 radical (unpaired) electrons. The lowest BCUT2D eigenvalue weighted by atomic mass is 10.2. The summed E-state index contributed by atoms with van der Waals surface area (Å²) in [7, 11) is -3.76. The first-order valence-corrected chi connectivity index (χ1v) is 12.4. The number of carbonyl (C=O) groups is 1. The number of halogens is 1. The summed E-state index contributed by atoms with van der Waals surface area (Å²) >= 11 is 9.06. The maximum atomic E-state index is 12.5. The van der Waals surface area contributed by atoms with E-state index in [-0.39, 0.29) is 21.2 Å². The quantitative estimate of drug-likeness (QED) is 0.361. The average molecular weight is 483 g/mol. The van der Waals surface area contributed by atoms with Gasteiger partial charge >= 0.3 is 0 Å². The second kappa shape index (κ2) is 9.34. The van der Waals surface area contributed by atoms with Gasteiger partial charge in [-0.2, -0.15) is 0 Å². The van der Waals surface area contributed by atoms with E-state index in [0.29, 0.717) is 10.4 Å². The van der Waals surface area contributed by atoms with Gasteiger partial charge in [0.25, 0.3) is 15.9 Å². The van der Waals surface area contributed by atoms with Gasteiger partial charge in [0.1, 0.15) is 0 Å². The van der Waals surface area contributed by atoms with Gasteiger partial charge in [0.2, 0.25) is 5.13 Å². The second-order valence-corrected chi connectivity index (χ2v) is 11.5. The highest BCUT2D eigenvalue weighted by molar-refractivity contribution is 8.01. The molecule has 0 aliphatic heterocycles. The Kier molecular flexibility index (Phi) is 7.02. The van der Waals surface area contributed by atoms with Crippen LogP contribution < -0.4 is 10.0 Å².